The van der Waals surface area contributed by atoms with Gasteiger partial charge in [0.25, 0.3) is 0 Å². The van der Waals surface area contributed by atoms with Crippen LogP contribution in [0.4, 0.5) is 4.39 Å². The van der Waals surface area contributed by atoms with Crippen LogP contribution < -0.4 is 4.74 Å². The minimum absolute atomic E-state index is 0.0978. The number of Topliss-reactive ketones (excluding diaryl/α,β-unsaturated/α-hetero) is 1. The molecule has 1 aliphatic heterocycles. The second-order valence-electron chi connectivity index (χ2n) is 5.00. The Morgan fingerprint density at radius 2 is 1.83 bits per heavy atom. The van der Waals surface area contributed by atoms with Gasteiger partial charge in [-0.1, -0.05) is 18.2 Å². The molecule has 4 nitrogen and oxygen atoms in total. The minimum atomic E-state index is -0.602. The molecule has 0 unspecified atom stereocenters. The molecular weight excluding hydrogens is 299 g/mol. The highest BCUT2D eigenvalue weighted by Crippen LogP contribution is 2.26. The molecule has 0 amide bonds. The van der Waals surface area contributed by atoms with Crippen LogP contribution in [0.3, 0.4) is 0 Å². The normalized spacial score (nSPS) is 12.7. The van der Waals surface area contributed by atoms with Crippen LogP contribution in [0, 0.1) is 5.82 Å². The molecule has 0 saturated heterocycles. The fourth-order valence-electron chi connectivity index (χ4n) is 2.18. The highest BCUT2D eigenvalue weighted by atomic mass is 19.1. The summed E-state index contributed by atoms with van der Waals surface area (Å²) < 4.78 is 23.3. The number of carbonyl (C=O) groups excluding carboxylic acids is 2. The molecule has 0 N–H and O–H groups in total. The number of hydrogen-bond donors (Lipinski definition) is 0. The van der Waals surface area contributed by atoms with Gasteiger partial charge < -0.3 is 9.47 Å². The van der Waals surface area contributed by atoms with E-state index in [4.69, 9.17) is 9.47 Å². The van der Waals surface area contributed by atoms with Crippen LogP contribution in [0.15, 0.2) is 54.1 Å². The summed E-state index contributed by atoms with van der Waals surface area (Å²) in [5, 5.41) is 0. The predicted octanol–water partition coefficient (Wildman–Crippen LogP) is 3.03. The van der Waals surface area contributed by atoms with Gasteiger partial charge >= 0.3 is 5.97 Å². The highest BCUT2D eigenvalue weighted by Gasteiger charge is 2.19. The molecule has 0 spiro atoms. The van der Waals surface area contributed by atoms with Crippen molar-refractivity contribution in [1.29, 1.82) is 0 Å². The van der Waals surface area contributed by atoms with E-state index in [-0.39, 0.29) is 6.61 Å². The number of fused-ring (bicyclic) bond motifs is 1. The number of hydrogen-bond acceptors (Lipinski definition) is 4. The van der Waals surface area contributed by atoms with Crippen LogP contribution in [0.2, 0.25) is 0 Å². The van der Waals surface area contributed by atoms with E-state index in [1.807, 2.05) is 24.3 Å². The number of carbonyl (C=O) groups is 2. The third-order valence-electron chi connectivity index (χ3n) is 3.39. The van der Waals surface area contributed by atoms with Crippen molar-refractivity contribution >= 4 is 17.8 Å². The summed E-state index contributed by atoms with van der Waals surface area (Å²) in [6.45, 7) is -0.302. The van der Waals surface area contributed by atoms with Gasteiger partial charge in [-0.2, -0.15) is 0 Å². The van der Waals surface area contributed by atoms with Crippen molar-refractivity contribution in [3.05, 3.63) is 71.0 Å². The third kappa shape index (κ3) is 3.45. The summed E-state index contributed by atoms with van der Waals surface area (Å²) >= 11 is 0. The smallest absolute Gasteiger partial charge is 0.337 e. The summed E-state index contributed by atoms with van der Waals surface area (Å²) in [7, 11) is 0. The Hall–Kier alpha value is -2.95. The third-order valence-corrected chi connectivity index (χ3v) is 3.39. The molecule has 0 radical (unpaired) electrons. The van der Waals surface area contributed by atoms with Crippen molar-refractivity contribution in [2.24, 2.45) is 0 Å². The second kappa shape index (κ2) is 6.44. The number of ketones is 1. The summed E-state index contributed by atoms with van der Waals surface area (Å²) in [5.41, 5.74) is 1.42. The van der Waals surface area contributed by atoms with Gasteiger partial charge in [-0.25, -0.2) is 9.18 Å². The molecule has 5 heteroatoms. The first-order valence-corrected chi connectivity index (χ1v) is 7.02. The second-order valence-corrected chi connectivity index (χ2v) is 5.00. The van der Waals surface area contributed by atoms with Gasteiger partial charge in [-0.05, 0) is 36.4 Å². The van der Waals surface area contributed by atoms with Gasteiger partial charge in [0.15, 0.2) is 12.4 Å². The largest absolute Gasteiger partial charge is 0.488 e. The lowest BCUT2D eigenvalue weighted by Gasteiger charge is -2.16. The fraction of sp³-hybridized carbons (Fsp3) is 0.111. The first-order chi connectivity index (χ1) is 11.1. The standard InChI is InChI=1S/C18H13FO4/c19-15-7-5-12(6-8-15)16(20)11-23-18(21)14-9-13-3-1-2-4-17(13)22-10-14/h1-9H,10-11H2. The molecule has 0 fully saturated rings. The number of rotatable bonds is 4. The van der Waals surface area contributed by atoms with Crippen molar-refractivity contribution in [3.8, 4) is 5.75 Å². The summed E-state index contributed by atoms with van der Waals surface area (Å²) in [4.78, 5) is 23.9. The molecule has 1 aliphatic rings. The van der Waals surface area contributed by atoms with Gasteiger partial charge in [0.1, 0.15) is 18.2 Å². The highest BCUT2D eigenvalue weighted by molar-refractivity contribution is 6.00. The molecule has 0 bridgehead atoms. The van der Waals surface area contributed by atoms with Crippen LogP contribution in [-0.4, -0.2) is 25.0 Å². The van der Waals surface area contributed by atoms with Gasteiger partial charge in [0, 0.05) is 11.1 Å². The van der Waals surface area contributed by atoms with Crippen LogP contribution in [-0.2, 0) is 9.53 Å². The SMILES string of the molecule is O=C(OCC(=O)c1ccc(F)cc1)C1=Cc2ccccc2OC1. The number of benzene rings is 2. The molecule has 0 aliphatic carbocycles. The monoisotopic (exact) mass is 312 g/mol. The number of ether oxygens (including phenoxy) is 2. The van der Waals surface area contributed by atoms with E-state index in [0.29, 0.717) is 16.9 Å². The lowest BCUT2D eigenvalue weighted by atomic mass is 10.1. The Labute approximate surface area is 132 Å². The zero-order chi connectivity index (χ0) is 16.2. The summed E-state index contributed by atoms with van der Waals surface area (Å²) in [6.07, 6.45) is 1.68. The van der Waals surface area contributed by atoms with Crippen LogP contribution >= 0.6 is 0 Å². The van der Waals surface area contributed by atoms with Crippen LogP contribution in [0.25, 0.3) is 6.08 Å². The van der Waals surface area contributed by atoms with E-state index in [2.05, 4.69) is 0 Å². The molecule has 2 aromatic carbocycles. The summed E-state index contributed by atoms with van der Waals surface area (Å²) in [5.74, 6) is -0.723. The van der Waals surface area contributed by atoms with E-state index in [0.717, 1.165) is 5.56 Å². The zero-order valence-electron chi connectivity index (χ0n) is 12.1. The maximum Gasteiger partial charge on any atom is 0.337 e. The van der Waals surface area contributed by atoms with E-state index >= 15 is 0 Å². The molecule has 0 aromatic heterocycles. The van der Waals surface area contributed by atoms with Crippen molar-refractivity contribution in [3.63, 3.8) is 0 Å². The zero-order valence-corrected chi connectivity index (χ0v) is 12.1. The number of esters is 1. The van der Waals surface area contributed by atoms with Crippen molar-refractivity contribution in [2.45, 2.75) is 0 Å². The Morgan fingerprint density at radius 1 is 1.09 bits per heavy atom. The molecule has 3 rings (SSSR count). The van der Waals surface area contributed by atoms with E-state index in [1.54, 1.807) is 6.08 Å². The predicted molar refractivity (Wildman–Crippen MR) is 81.6 cm³/mol. The molecule has 23 heavy (non-hydrogen) atoms. The van der Waals surface area contributed by atoms with Gasteiger partial charge in [-0.15, -0.1) is 0 Å². The lowest BCUT2D eigenvalue weighted by molar-refractivity contribution is -0.138. The van der Waals surface area contributed by atoms with Gasteiger partial charge in [0.05, 0.1) is 5.57 Å². The Balaban J connectivity index is 1.63. The Kier molecular flexibility index (Phi) is 4.19. The van der Waals surface area contributed by atoms with Gasteiger partial charge in [0.2, 0.25) is 0 Å². The number of para-hydroxylation sites is 1. The molecule has 0 atom stereocenters. The fourth-order valence-corrected chi connectivity index (χ4v) is 2.18. The van der Waals surface area contributed by atoms with Crippen LogP contribution in [0.1, 0.15) is 15.9 Å². The van der Waals surface area contributed by atoms with Crippen molar-refractivity contribution < 1.29 is 23.5 Å². The first kappa shape index (κ1) is 15.0. The molecule has 1 heterocycles. The van der Waals surface area contributed by atoms with Crippen molar-refractivity contribution in [1.82, 2.24) is 0 Å². The number of halogens is 1. The first-order valence-electron chi connectivity index (χ1n) is 7.02. The average Bonchev–Trinajstić information content (AvgIpc) is 2.59. The Bertz CT molecular complexity index is 778. The van der Waals surface area contributed by atoms with Crippen LogP contribution in [0.5, 0.6) is 5.75 Å². The molecule has 0 saturated carbocycles. The lowest BCUT2D eigenvalue weighted by Crippen LogP contribution is -2.20. The molecule has 2 aromatic rings. The molecular formula is C18H13FO4. The van der Waals surface area contributed by atoms with E-state index < -0.39 is 24.2 Å². The summed E-state index contributed by atoms with van der Waals surface area (Å²) in [6, 6.07) is 12.4. The average molecular weight is 312 g/mol. The quantitative estimate of drug-likeness (QED) is 0.643. The maximum absolute atomic E-state index is 12.8. The van der Waals surface area contributed by atoms with Gasteiger partial charge in [-0.3, -0.25) is 4.79 Å². The van der Waals surface area contributed by atoms with Crippen molar-refractivity contribution in [2.75, 3.05) is 13.2 Å². The minimum Gasteiger partial charge on any atom is -0.488 e. The maximum atomic E-state index is 12.8. The Morgan fingerprint density at radius 3 is 2.61 bits per heavy atom. The van der Waals surface area contributed by atoms with E-state index in [1.165, 1.54) is 24.3 Å². The molecule has 116 valence electrons. The van der Waals surface area contributed by atoms with E-state index in [9.17, 15) is 14.0 Å². The topological polar surface area (TPSA) is 52.6 Å².